The van der Waals surface area contributed by atoms with Crippen molar-refractivity contribution in [3.05, 3.63) is 105 Å². The first-order valence-corrected chi connectivity index (χ1v) is 14.1. The van der Waals surface area contributed by atoms with Gasteiger partial charge in [-0.05, 0) is 60.2 Å². The third kappa shape index (κ3) is 5.93. The summed E-state index contributed by atoms with van der Waals surface area (Å²) in [6, 6.07) is 18.9. The summed E-state index contributed by atoms with van der Waals surface area (Å²) in [7, 11) is 7.00. The summed E-state index contributed by atoms with van der Waals surface area (Å²) in [6.45, 7) is -0.189. The Bertz CT molecular complexity index is 2030. The van der Waals surface area contributed by atoms with E-state index < -0.39 is 16.5 Å². The van der Waals surface area contributed by atoms with Gasteiger partial charge in [0.15, 0.2) is 23.0 Å². The smallest absolute Gasteiger partial charge is 0.355 e. The summed E-state index contributed by atoms with van der Waals surface area (Å²) in [4.78, 5) is 39.2. The van der Waals surface area contributed by atoms with Crippen LogP contribution in [0.1, 0.15) is 16.1 Å². The number of carbonyl (C=O) groups excluding carboxylic acids is 1. The molecular formula is C34H31N3O10. The Morgan fingerprint density at radius 1 is 0.809 bits per heavy atom. The van der Waals surface area contributed by atoms with E-state index in [1.54, 1.807) is 60.7 Å². The van der Waals surface area contributed by atoms with Gasteiger partial charge in [0.2, 0.25) is 5.75 Å². The van der Waals surface area contributed by atoms with Gasteiger partial charge in [0.05, 0.1) is 51.4 Å². The summed E-state index contributed by atoms with van der Waals surface area (Å²) < 4.78 is 34.9. The Morgan fingerprint density at radius 3 is 2.00 bits per heavy atom. The number of methoxy groups -OCH3 is 5. The van der Waals surface area contributed by atoms with Gasteiger partial charge < -0.3 is 34.2 Å². The number of nitro groups is 1. The van der Waals surface area contributed by atoms with Crippen LogP contribution in [0.5, 0.6) is 28.7 Å². The molecule has 0 fully saturated rings. The van der Waals surface area contributed by atoms with Crippen molar-refractivity contribution >= 4 is 28.1 Å². The molecule has 242 valence electrons. The zero-order valence-corrected chi connectivity index (χ0v) is 26.2. The van der Waals surface area contributed by atoms with Gasteiger partial charge in [-0.25, -0.2) is 4.79 Å². The largest absolute Gasteiger partial charge is 0.493 e. The number of aromatic nitrogens is 1. The van der Waals surface area contributed by atoms with Crippen LogP contribution in [0, 0.1) is 10.1 Å². The predicted octanol–water partition coefficient (Wildman–Crippen LogP) is 5.55. The molecule has 2 N–H and O–H groups in total. The maximum atomic E-state index is 14.4. The van der Waals surface area contributed by atoms with E-state index in [4.69, 9.17) is 34.2 Å². The van der Waals surface area contributed by atoms with Gasteiger partial charge in [-0.15, -0.1) is 0 Å². The SMILES string of the molecule is COC(=O)c1c(-c2cc(OC)c(OC)c(OC)c2)c2cc(OC)c(OCc3ccccc3[N+](=O)[O-])cc2c(=O)n1-c1ccc(N)cc1. The summed E-state index contributed by atoms with van der Waals surface area (Å²) in [6.07, 6.45) is 0. The molecule has 0 aliphatic carbocycles. The minimum atomic E-state index is -0.805. The van der Waals surface area contributed by atoms with Crippen molar-refractivity contribution in [2.45, 2.75) is 6.61 Å². The van der Waals surface area contributed by atoms with Gasteiger partial charge in [0.1, 0.15) is 12.3 Å². The minimum Gasteiger partial charge on any atom is -0.493 e. The number of ether oxygens (including phenoxy) is 6. The van der Waals surface area contributed by atoms with Gasteiger partial charge in [-0.1, -0.05) is 12.1 Å². The monoisotopic (exact) mass is 641 g/mol. The highest BCUT2D eigenvalue weighted by Gasteiger charge is 2.28. The van der Waals surface area contributed by atoms with Gasteiger partial charge in [-0.2, -0.15) is 0 Å². The van der Waals surface area contributed by atoms with Gasteiger partial charge in [-0.3, -0.25) is 19.5 Å². The molecule has 0 amide bonds. The lowest BCUT2D eigenvalue weighted by Crippen LogP contribution is -2.27. The molecule has 0 radical (unpaired) electrons. The van der Waals surface area contributed by atoms with E-state index >= 15 is 0 Å². The molecule has 0 atom stereocenters. The second-order valence-electron chi connectivity index (χ2n) is 10.1. The zero-order valence-electron chi connectivity index (χ0n) is 26.2. The molecule has 0 saturated heterocycles. The van der Waals surface area contributed by atoms with E-state index in [1.165, 1.54) is 52.2 Å². The highest BCUT2D eigenvalue weighted by Crippen LogP contribution is 2.45. The van der Waals surface area contributed by atoms with Crippen molar-refractivity contribution < 1.29 is 38.1 Å². The highest BCUT2D eigenvalue weighted by atomic mass is 16.6. The molecule has 0 bridgehead atoms. The van der Waals surface area contributed by atoms with Crippen LogP contribution in [0.2, 0.25) is 0 Å². The molecule has 13 heteroatoms. The number of nitro benzene ring substituents is 1. The number of nitrogens with two attached hydrogens (primary N) is 1. The van der Waals surface area contributed by atoms with Crippen LogP contribution in [0.15, 0.2) is 77.6 Å². The van der Waals surface area contributed by atoms with E-state index in [-0.39, 0.29) is 40.4 Å². The molecule has 0 saturated carbocycles. The predicted molar refractivity (Wildman–Crippen MR) is 174 cm³/mol. The van der Waals surface area contributed by atoms with Crippen LogP contribution in [-0.4, -0.2) is 51.0 Å². The average Bonchev–Trinajstić information content (AvgIpc) is 3.09. The number of benzene rings is 4. The van der Waals surface area contributed by atoms with Crippen LogP contribution in [0.3, 0.4) is 0 Å². The second kappa shape index (κ2) is 13.4. The summed E-state index contributed by atoms with van der Waals surface area (Å²) in [5, 5.41) is 12.0. The van der Waals surface area contributed by atoms with E-state index in [2.05, 4.69) is 0 Å². The number of nitrogen functional groups attached to an aromatic ring is 1. The van der Waals surface area contributed by atoms with E-state index in [0.717, 1.165) is 0 Å². The maximum Gasteiger partial charge on any atom is 0.355 e. The van der Waals surface area contributed by atoms with E-state index in [0.29, 0.717) is 45.1 Å². The third-order valence-corrected chi connectivity index (χ3v) is 7.52. The first-order chi connectivity index (χ1) is 22.7. The Hall–Kier alpha value is -6.24. The number of anilines is 1. The Kier molecular flexibility index (Phi) is 9.17. The summed E-state index contributed by atoms with van der Waals surface area (Å²) >= 11 is 0. The number of hydrogen-bond donors (Lipinski definition) is 1. The van der Waals surface area contributed by atoms with Crippen molar-refractivity contribution in [2.75, 3.05) is 41.3 Å². The van der Waals surface area contributed by atoms with Crippen molar-refractivity contribution in [2.24, 2.45) is 0 Å². The Labute approximate surface area is 268 Å². The van der Waals surface area contributed by atoms with Crippen molar-refractivity contribution in [1.82, 2.24) is 4.57 Å². The number of para-hydroxylation sites is 1. The molecule has 1 aromatic heterocycles. The van der Waals surface area contributed by atoms with Crippen LogP contribution >= 0.6 is 0 Å². The maximum absolute atomic E-state index is 14.4. The van der Waals surface area contributed by atoms with Crippen molar-refractivity contribution in [1.29, 1.82) is 0 Å². The summed E-state index contributed by atoms with van der Waals surface area (Å²) in [5.41, 5.74) is 6.94. The lowest BCUT2D eigenvalue weighted by Gasteiger charge is -2.21. The highest BCUT2D eigenvalue weighted by molar-refractivity contribution is 6.08. The topological polar surface area (TPSA) is 164 Å². The van der Waals surface area contributed by atoms with Crippen molar-refractivity contribution in [3.8, 4) is 45.6 Å². The zero-order chi connectivity index (χ0) is 33.8. The van der Waals surface area contributed by atoms with Crippen LogP contribution in [0.25, 0.3) is 27.6 Å². The standard InChI is InChI=1S/C34H31N3O10/c1-42-26-16-23-24(17-27(26)47-18-19-8-6-7-9-25(19)37(40)41)33(38)36(22-12-10-21(35)11-13-22)31(34(39)46-5)30(23)20-14-28(43-2)32(45-4)29(15-20)44-3/h6-17H,18,35H2,1-5H3. The molecule has 4 aromatic carbocycles. The number of carbonyl (C=O) groups is 1. The molecule has 47 heavy (non-hydrogen) atoms. The molecule has 5 aromatic rings. The first kappa shape index (κ1) is 32.2. The first-order valence-electron chi connectivity index (χ1n) is 14.1. The van der Waals surface area contributed by atoms with Crippen LogP contribution < -0.4 is 35.0 Å². The normalized spacial score (nSPS) is 10.7. The number of fused-ring (bicyclic) bond motifs is 1. The second-order valence-corrected chi connectivity index (χ2v) is 10.1. The van der Waals surface area contributed by atoms with Crippen LogP contribution in [-0.2, 0) is 11.3 Å². The minimum absolute atomic E-state index is 0.0975. The molecule has 0 spiro atoms. The third-order valence-electron chi connectivity index (χ3n) is 7.52. The van der Waals surface area contributed by atoms with Gasteiger partial charge in [0, 0.05) is 28.4 Å². The fraction of sp³-hybridized carbons (Fsp3) is 0.176. The fourth-order valence-corrected chi connectivity index (χ4v) is 5.32. The Balaban J connectivity index is 1.88. The number of pyridine rings is 1. The number of rotatable bonds is 11. The molecule has 5 rings (SSSR count). The molecule has 0 aliphatic heterocycles. The number of esters is 1. The van der Waals surface area contributed by atoms with Gasteiger partial charge in [0.25, 0.3) is 11.2 Å². The average molecular weight is 642 g/mol. The number of nitrogens with zero attached hydrogens (tertiary/aromatic N) is 2. The molecule has 13 nitrogen and oxygen atoms in total. The van der Waals surface area contributed by atoms with E-state index in [1.807, 2.05) is 0 Å². The van der Waals surface area contributed by atoms with Crippen LogP contribution in [0.4, 0.5) is 11.4 Å². The van der Waals surface area contributed by atoms with Crippen molar-refractivity contribution in [3.63, 3.8) is 0 Å². The quantitative estimate of drug-likeness (QED) is 0.0832. The van der Waals surface area contributed by atoms with E-state index in [9.17, 15) is 19.7 Å². The summed E-state index contributed by atoms with van der Waals surface area (Å²) in [5.74, 6) is 0.448. The lowest BCUT2D eigenvalue weighted by atomic mass is 9.95. The molecule has 1 heterocycles. The molecular weight excluding hydrogens is 610 g/mol. The number of hydrogen-bond acceptors (Lipinski definition) is 11. The van der Waals surface area contributed by atoms with Gasteiger partial charge >= 0.3 is 5.97 Å². The molecule has 0 aliphatic rings. The fourth-order valence-electron chi connectivity index (χ4n) is 5.32. The Morgan fingerprint density at radius 2 is 1.43 bits per heavy atom. The molecule has 0 unspecified atom stereocenters. The lowest BCUT2D eigenvalue weighted by molar-refractivity contribution is -0.385.